The Labute approximate surface area is 236 Å². The van der Waals surface area contributed by atoms with E-state index in [0.717, 1.165) is 22.4 Å². The summed E-state index contributed by atoms with van der Waals surface area (Å²) < 4.78 is 58.2. The van der Waals surface area contributed by atoms with Crippen molar-refractivity contribution in [3.8, 4) is 28.6 Å². The highest BCUT2D eigenvalue weighted by Crippen LogP contribution is 2.34. The number of hydrogen-bond acceptors (Lipinski definition) is 6. The molecule has 0 N–H and O–H groups in total. The maximum absolute atomic E-state index is 13.5. The van der Waals surface area contributed by atoms with Gasteiger partial charge < -0.3 is 14.2 Å². The number of fused-ring (bicyclic) bond motifs is 2. The van der Waals surface area contributed by atoms with Gasteiger partial charge in [0.15, 0.2) is 17.3 Å². The quantitative estimate of drug-likeness (QED) is 0.205. The zero-order valence-corrected chi connectivity index (χ0v) is 21.8. The van der Waals surface area contributed by atoms with Crippen LogP contribution in [0.15, 0.2) is 94.8 Å². The van der Waals surface area contributed by atoms with E-state index in [1.54, 1.807) is 48.5 Å². The average molecular weight is 578 g/mol. The first-order valence-corrected chi connectivity index (χ1v) is 12.7. The van der Waals surface area contributed by atoms with Crippen molar-refractivity contribution in [3.05, 3.63) is 117 Å². The van der Waals surface area contributed by atoms with Crippen LogP contribution in [0.4, 0.5) is 13.2 Å². The van der Waals surface area contributed by atoms with Crippen LogP contribution in [0.5, 0.6) is 17.2 Å². The zero-order valence-electron chi connectivity index (χ0n) is 21.1. The minimum absolute atomic E-state index is 0.0547. The zero-order chi connectivity index (χ0) is 28.6. The van der Waals surface area contributed by atoms with E-state index in [-0.39, 0.29) is 30.2 Å². The second kappa shape index (κ2) is 10.6. The van der Waals surface area contributed by atoms with E-state index in [1.807, 2.05) is 12.1 Å². The molecule has 2 heterocycles. The summed E-state index contributed by atoms with van der Waals surface area (Å²) in [5.74, 6) is 1.63. The van der Waals surface area contributed by atoms with Gasteiger partial charge in [-0.1, -0.05) is 41.9 Å². The largest absolute Gasteiger partial charge is 0.488 e. The van der Waals surface area contributed by atoms with Crippen LogP contribution >= 0.6 is 11.6 Å². The number of rotatable bonds is 6. The fraction of sp³-hybridized carbons (Fsp3) is 0.100. The summed E-state index contributed by atoms with van der Waals surface area (Å²) in [6.45, 7) is 0.342. The summed E-state index contributed by atoms with van der Waals surface area (Å²) in [5, 5.41) is 5.01. The van der Waals surface area contributed by atoms with Gasteiger partial charge in [0.25, 0.3) is 5.56 Å². The van der Waals surface area contributed by atoms with Gasteiger partial charge in [-0.05, 0) is 60.2 Å². The van der Waals surface area contributed by atoms with Crippen molar-refractivity contribution in [1.29, 1.82) is 0 Å². The molecule has 7 nitrogen and oxygen atoms in total. The molecule has 1 aliphatic heterocycles. The number of alkyl halides is 3. The molecule has 0 atom stereocenters. The molecule has 0 bridgehead atoms. The highest BCUT2D eigenvalue weighted by Gasteiger charge is 2.31. The van der Waals surface area contributed by atoms with E-state index in [4.69, 9.17) is 25.8 Å². The van der Waals surface area contributed by atoms with Crippen molar-refractivity contribution in [2.24, 2.45) is 5.10 Å². The lowest BCUT2D eigenvalue weighted by Crippen LogP contribution is -2.20. The third-order valence-corrected chi connectivity index (χ3v) is 6.55. The summed E-state index contributed by atoms with van der Waals surface area (Å²) in [6.07, 6.45) is -3.22. The average Bonchev–Trinajstić information content (AvgIpc) is 3.44. The van der Waals surface area contributed by atoms with Crippen LogP contribution < -0.4 is 19.8 Å². The summed E-state index contributed by atoms with van der Waals surface area (Å²) in [6, 6.07) is 21.5. The maximum Gasteiger partial charge on any atom is 0.416 e. The minimum atomic E-state index is -4.58. The van der Waals surface area contributed by atoms with Gasteiger partial charge in [-0.15, -0.1) is 0 Å². The lowest BCUT2D eigenvalue weighted by Gasteiger charge is -2.13. The molecule has 0 amide bonds. The van der Waals surface area contributed by atoms with E-state index < -0.39 is 17.3 Å². The van der Waals surface area contributed by atoms with Gasteiger partial charge in [-0.3, -0.25) is 4.79 Å². The van der Waals surface area contributed by atoms with Crippen molar-refractivity contribution in [1.82, 2.24) is 9.66 Å². The molecule has 4 aromatic carbocycles. The van der Waals surface area contributed by atoms with Crippen LogP contribution in [0, 0.1) is 0 Å². The maximum atomic E-state index is 13.5. The van der Waals surface area contributed by atoms with E-state index in [1.165, 1.54) is 18.3 Å². The highest BCUT2D eigenvalue weighted by atomic mass is 35.5. The smallest absolute Gasteiger partial charge is 0.416 e. The molecule has 0 unspecified atom stereocenters. The van der Waals surface area contributed by atoms with Crippen LogP contribution in [0.1, 0.15) is 16.7 Å². The third kappa shape index (κ3) is 5.46. The normalized spacial score (nSPS) is 12.8. The third-order valence-electron chi connectivity index (χ3n) is 6.32. The van der Waals surface area contributed by atoms with Crippen molar-refractivity contribution in [2.75, 3.05) is 6.79 Å². The molecule has 41 heavy (non-hydrogen) atoms. The molecule has 0 aliphatic carbocycles. The Hall–Kier alpha value is -4.83. The fourth-order valence-electron chi connectivity index (χ4n) is 4.32. The molecule has 1 aromatic heterocycles. The van der Waals surface area contributed by atoms with Crippen LogP contribution in [0.3, 0.4) is 0 Å². The second-order valence-corrected chi connectivity index (χ2v) is 9.49. The molecule has 0 saturated carbocycles. The van der Waals surface area contributed by atoms with Crippen molar-refractivity contribution < 1.29 is 27.4 Å². The number of para-hydroxylation sites is 1. The SMILES string of the molecule is O=c1c2ccccc2nc(-c2cccc(C(F)(F)F)c2)n1N=Cc1cc(Cl)ccc1OCc1ccc2c(c1)OCO2. The number of halogens is 4. The predicted octanol–water partition coefficient (Wildman–Crippen LogP) is 6.93. The molecule has 11 heteroatoms. The Morgan fingerprint density at radius 2 is 1.80 bits per heavy atom. The van der Waals surface area contributed by atoms with Gasteiger partial charge in [0.2, 0.25) is 6.79 Å². The predicted molar refractivity (Wildman–Crippen MR) is 148 cm³/mol. The lowest BCUT2D eigenvalue weighted by molar-refractivity contribution is -0.137. The van der Waals surface area contributed by atoms with Crippen LogP contribution in [0.2, 0.25) is 5.02 Å². The highest BCUT2D eigenvalue weighted by molar-refractivity contribution is 6.30. The van der Waals surface area contributed by atoms with Gasteiger partial charge in [0, 0.05) is 16.1 Å². The van der Waals surface area contributed by atoms with Crippen molar-refractivity contribution >= 4 is 28.7 Å². The molecule has 0 fully saturated rings. The Kier molecular flexibility index (Phi) is 6.84. The van der Waals surface area contributed by atoms with Crippen molar-refractivity contribution in [3.63, 3.8) is 0 Å². The summed E-state index contributed by atoms with van der Waals surface area (Å²) in [5.41, 5.74) is 0.241. The molecule has 6 rings (SSSR count). The number of benzene rings is 4. The van der Waals surface area contributed by atoms with E-state index in [9.17, 15) is 18.0 Å². The Morgan fingerprint density at radius 3 is 2.66 bits per heavy atom. The van der Waals surface area contributed by atoms with Crippen LogP contribution in [-0.4, -0.2) is 22.7 Å². The van der Waals surface area contributed by atoms with Gasteiger partial charge >= 0.3 is 6.18 Å². The first-order chi connectivity index (χ1) is 19.8. The molecular weight excluding hydrogens is 559 g/mol. The van der Waals surface area contributed by atoms with Gasteiger partial charge in [-0.2, -0.15) is 22.9 Å². The molecule has 0 saturated heterocycles. The van der Waals surface area contributed by atoms with Gasteiger partial charge in [-0.25, -0.2) is 4.98 Å². The number of ether oxygens (including phenoxy) is 3. The fourth-order valence-corrected chi connectivity index (χ4v) is 4.50. The summed E-state index contributed by atoms with van der Waals surface area (Å²) in [4.78, 5) is 18.0. The van der Waals surface area contributed by atoms with E-state index in [2.05, 4.69) is 10.1 Å². The van der Waals surface area contributed by atoms with Gasteiger partial charge in [0.05, 0.1) is 22.7 Å². The Morgan fingerprint density at radius 1 is 0.976 bits per heavy atom. The lowest BCUT2D eigenvalue weighted by atomic mass is 10.1. The molecule has 0 spiro atoms. The standard InChI is InChI=1S/C30H19ClF3N3O4/c31-22-9-11-25(39-16-18-8-10-26-27(12-18)41-17-40-26)20(14-22)15-35-37-28(19-4-3-5-21(13-19)30(32,33)34)36-24-7-2-1-6-23(24)29(37)38/h1-15H,16-17H2. The van der Waals surface area contributed by atoms with Crippen LogP contribution in [0.25, 0.3) is 22.3 Å². The first kappa shape index (κ1) is 26.4. The summed E-state index contributed by atoms with van der Waals surface area (Å²) in [7, 11) is 0. The van der Waals surface area contributed by atoms with Crippen molar-refractivity contribution in [2.45, 2.75) is 12.8 Å². The number of hydrogen-bond donors (Lipinski definition) is 0. The topological polar surface area (TPSA) is 74.9 Å². The molecule has 1 aliphatic rings. The molecule has 206 valence electrons. The van der Waals surface area contributed by atoms with Crippen LogP contribution in [-0.2, 0) is 12.8 Å². The van der Waals surface area contributed by atoms with E-state index >= 15 is 0 Å². The number of nitrogens with zero attached hydrogens (tertiary/aromatic N) is 3. The monoisotopic (exact) mass is 577 g/mol. The molecular formula is C30H19ClF3N3O4. The Bertz CT molecular complexity index is 1870. The van der Waals surface area contributed by atoms with E-state index in [0.29, 0.717) is 33.4 Å². The first-order valence-electron chi connectivity index (χ1n) is 12.3. The number of aromatic nitrogens is 2. The second-order valence-electron chi connectivity index (χ2n) is 9.05. The summed E-state index contributed by atoms with van der Waals surface area (Å²) >= 11 is 6.24. The molecule has 0 radical (unpaired) electrons. The Balaban J connectivity index is 1.39. The minimum Gasteiger partial charge on any atom is -0.488 e. The molecule has 5 aromatic rings. The van der Waals surface area contributed by atoms with Gasteiger partial charge in [0.1, 0.15) is 12.4 Å².